The fourth-order valence-corrected chi connectivity index (χ4v) is 2.44. The first-order valence-electron chi connectivity index (χ1n) is 5.74. The number of hydrogen-bond acceptors (Lipinski definition) is 1. The maximum absolute atomic E-state index is 10.7. The van der Waals surface area contributed by atoms with Crippen molar-refractivity contribution in [2.75, 3.05) is 5.32 Å². The van der Waals surface area contributed by atoms with Crippen LogP contribution in [-0.2, 0) is 7.05 Å². The van der Waals surface area contributed by atoms with E-state index in [9.17, 15) is 4.79 Å². The highest BCUT2D eigenvalue weighted by atomic mass is 16.4. The number of carboxylic acid groups (broad SMARTS) is 1. The lowest BCUT2D eigenvalue weighted by Crippen LogP contribution is -2.06. The van der Waals surface area contributed by atoms with Gasteiger partial charge in [-0.15, -0.1) is 0 Å². The number of para-hydroxylation sites is 1. The Balaban J connectivity index is 2.20. The minimum absolute atomic E-state index is 0.657. The maximum atomic E-state index is 10.7. The smallest absolute Gasteiger partial charge is 0.409 e. The number of fused-ring (bicyclic) bond motifs is 1. The van der Waals surface area contributed by atoms with Crippen molar-refractivity contribution >= 4 is 22.7 Å². The number of nitrogens with zero attached hydrogens (tertiary/aromatic N) is 1. The third kappa shape index (κ3) is 1.65. The van der Waals surface area contributed by atoms with E-state index in [1.165, 1.54) is 18.4 Å². The maximum Gasteiger partial charge on any atom is 0.409 e. The number of rotatable bonds is 2. The summed E-state index contributed by atoms with van der Waals surface area (Å²) >= 11 is 0. The van der Waals surface area contributed by atoms with Gasteiger partial charge in [0.1, 0.15) is 0 Å². The van der Waals surface area contributed by atoms with Gasteiger partial charge in [0.15, 0.2) is 0 Å². The molecule has 4 nitrogen and oxygen atoms in total. The molecule has 3 rings (SSSR count). The molecule has 17 heavy (non-hydrogen) atoms. The average Bonchev–Trinajstić information content (AvgIpc) is 3.06. The largest absolute Gasteiger partial charge is 0.465 e. The molecule has 1 amide bonds. The molecule has 2 aromatic rings. The first kappa shape index (κ1) is 10.2. The van der Waals surface area contributed by atoms with Crippen LogP contribution in [0.25, 0.3) is 10.9 Å². The summed E-state index contributed by atoms with van der Waals surface area (Å²) in [6, 6.07) is 6.11. The standard InChI is InChI=1S/C13H14N2O2/c1-15-7-11(14-13(16)17)10-4-2-3-9(12(10)15)8-5-6-8/h2-4,7-8,14H,5-6H2,1H3,(H,16,17). The molecule has 1 aliphatic rings. The van der Waals surface area contributed by atoms with Crippen LogP contribution in [-0.4, -0.2) is 15.8 Å². The number of aromatic nitrogens is 1. The monoisotopic (exact) mass is 230 g/mol. The molecule has 0 atom stereocenters. The molecule has 1 aromatic heterocycles. The lowest BCUT2D eigenvalue weighted by molar-refractivity contribution is 0.210. The van der Waals surface area contributed by atoms with E-state index in [4.69, 9.17) is 5.11 Å². The summed E-state index contributed by atoms with van der Waals surface area (Å²) in [6.07, 6.45) is 3.30. The van der Waals surface area contributed by atoms with E-state index < -0.39 is 6.09 Å². The third-order valence-corrected chi connectivity index (χ3v) is 3.29. The van der Waals surface area contributed by atoms with Crippen LogP contribution in [0.5, 0.6) is 0 Å². The number of anilines is 1. The Labute approximate surface area is 98.9 Å². The molecule has 0 bridgehead atoms. The van der Waals surface area contributed by atoms with E-state index in [0.29, 0.717) is 11.6 Å². The molecule has 0 saturated heterocycles. The molecule has 1 heterocycles. The second-order valence-corrected chi connectivity index (χ2v) is 4.60. The molecule has 1 aliphatic carbocycles. The number of carbonyl (C=O) groups is 1. The number of nitrogens with one attached hydrogen (secondary N) is 1. The van der Waals surface area contributed by atoms with Crippen LogP contribution >= 0.6 is 0 Å². The molecule has 1 aromatic carbocycles. The summed E-state index contributed by atoms with van der Waals surface area (Å²) in [7, 11) is 1.96. The quantitative estimate of drug-likeness (QED) is 0.832. The number of hydrogen-bond donors (Lipinski definition) is 2. The second kappa shape index (κ2) is 3.52. The molecule has 0 aliphatic heterocycles. The molecule has 88 valence electrons. The Morgan fingerprint density at radius 2 is 2.24 bits per heavy atom. The highest BCUT2D eigenvalue weighted by Gasteiger charge is 2.26. The molecule has 1 fully saturated rings. The lowest BCUT2D eigenvalue weighted by atomic mass is 10.1. The first-order chi connectivity index (χ1) is 8.16. The normalized spacial score (nSPS) is 15.1. The molecule has 2 N–H and O–H groups in total. The van der Waals surface area contributed by atoms with Crippen molar-refractivity contribution < 1.29 is 9.90 Å². The summed E-state index contributed by atoms with van der Waals surface area (Å²) in [5.74, 6) is 0.657. The summed E-state index contributed by atoms with van der Waals surface area (Å²) < 4.78 is 2.01. The van der Waals surface area contributed by atoms with Crippen LogP contribution in [0.4, 0.5) is 10.5 Å². The van der Waals surface area contributed by atoms with E-state index in [-0.39, 0.29) is 0 Å². The van der Waals surface area contributed by atoms with Gasteiger partial charge in [0.25, 0.3) is 0 Å². The van der Waals surface area contributed by atoms with Gasteiger partial charge in [-0.05, 0) is 24.3 Å². The highest BCUT2D eigenvalue weighted by molar-refractivity contribution is 6.00. The van der Waals surface area contributed by atoms with Crippen molar-refractivity contribution in [1.82, 2.24) is 4.57 Å². The van der Waals surface area contributed by atoms with Crippen LogP contribution in [0, 0.1) is 0 Å². The predicted molar refractivity (Wildman–Crippen MR) is 66.5 cm³/mol. The van der Waals surface area contributed by atoms with Crippen LogP contribution in [0.3, 0.4) is 0 Å². The summed E-state index contributed by atoms with van der Waals surface area (Å²) in [5.41, 5.74) is 3.15. The van der Waals surface area contributed by atoms with Gasteiger partial charge in [0.05, 0.1) is 11.2 Å². The van der Waals surface area contributed by atoms with Crippen LogP contribution in [0.2, 0.25) is 0 Å². The predicted octanol–water partition coefficient (Wildman–Crippen LogP) is 3.15. The molecular weight excluding hydrogens is 216 g/mol. The number of aryl methyl sites for hydroxylation is 1. The lowest BCUT2D eigenvalue weighted by Gasteiger charge is -2.04. The van der Waals surface area contributed by atoms with E-state index >= 15 is 0 Å². The van der Waals surface area contributed by atoms with Crippen molar-refractivity contribution in [3.05, 3.63) is 30.0 Å². The Morgan fingerprint density at radius 1 is 1.47 bits per heavy atom. The van der Waals surface area contributed by atoms with Gasteiger partial charge in [0, 0.05) is 18.6 Å². The van der Waals surface area contributed by atoms with E-state index in [0.717, 1.165) is 10.9 Å². The van der Waals surface area contributed by atoms with Crippen molar-refractivity contribution in [3.63, 3.8) is 0 Å². The number of benzene rings is 1. The fourth-order valence-electron chi connectivity index (χ4n) is 2.44. The zero-order valence-electron chi connectivity index (χ0n) is 9.60. The van der Waals surface area contributed by atoms with Crippen molar-refractivity contribution in [3.8, 4) is 0 Å². The van der Waals surface area contributed by atoms with E-state index in [1.54, 1.807) is 0 Å². The average molecular weight is 230 g/mol. The summed E-state index contributed by atoms with van der Waals surface area (Å²) in [4.78, 5) is 10.7. The topological polar surface area (TPSA) is 54.3 Å². The molecular formula is C13H14N2O2. The van der Waals surface area contributed by atoms with Gasteiger partial charge in [-0.25, -0.2) is 4.79 Å². The van der Waals surface area contributed by atoms with Gasteiger partial charge in [-0.2, -0.15) is 0 Å². The van der Waals surface area contributed by atoms with Gasteiger partial charge in [-0.1, -0.05) is 18.2 Å². The molecule has 0 radical (unpaired) electrons. The molecule has 4 heteroatoms. The van der Waals surface area contributed by atoms with Crippen LogP contribution in [0.15, 0.2) is 24.4 Å². The Bertz CT molecular complexity index is 597. The highest BCUT2D eigenvalue weighted by Crippen LogP contribution is 2.44. The third-order valence-electron chi connectivity index (χ3n) is 3.29. The van der Waals surface area contributed by atoms with E-state index in [2.05, 4.69) is 11.4 Å². The van der Waals surface area contributed by atoms with Gasteiger partial charge < -0.3 is 9.67 Å². The van der Waals surface area contributed by atoms with Crippen molar-refractivity contribution in [1.29, 1.82) is 0 Å². The van der Waals surface area contributed by atoms with Crippen molar-refractivity contribution in [2.24, 2.45) is 7.05 Å². The van der Waals surface area contributed by atoms with Gasteiger partial charge in [0.2, 0.25) is 0 Å². The van der Waals surface area contributed by atoms with Crippen LogP contribution in [0.1, 0.15) is 24.3 Å². The minimum Gasteiger partial charge on any atom is -0.465 e. The zero-order valence-corrected chi connectivity index (χ0v) is 9.60. The summed E-state index contributed by atoms with van der Waals surface area (Å²) in [6.45, 7) is 0. The van der Waals surface area contributed by atoms with Gasteiger partial charge >= 0.3 is 6.09 Å². The fraction of sp³-hybridized carbons (Fsp3) is 0.308. The summed E-state index contributed by atoms with van der Waals surface area (Å²) in [5, 5.41) is 12.2. The van der Waals surface area contributed by atoms with Crippen LogP contribution < -0.4 is 5.32 Å². The zero-order chi connectivity index (χ0) is 12.0. The molecule has 0 spiro atoms. The van der Waals surface area contributed by atoms with Crippen molar-refractivity contribution in [2.45, 2.75) is 18.8 Å². The Morgan fingerprint density at radius 3 is 2.88 bits per heavy atom. The van der Waals surface area contributed by atoms with Gasteiger partial charge in [-0.3, -0.25) is 5.32 Å². The van der Waals surface area contributed by atoms with E-state index in [1.807, 2.05) is 29.9 Å². The SMILES string of the molecule is Cn1cc(NC(=O)O)c2cccc(C3CC3)c21. The second-order valence-electron chi connectivity index (χ2n) is 4.60. The Hall–Kier alpha value is -1.97. The molecule has 0 unspecified atom stereocenters. The molecule has 1 saturated carbocycles. The minimum atomic E-state index is -1.02. The first-order valence-corrected chi connectivity index (χ1v) is 5.74. The Kier molecular flexibility index (Phi) is 2.11. The number of amides is 1.